The summed E-state index contributed by atoms with van der Waals surface area (Å²) in [6.45, 7) is 9.89. The molecule has 1 amide bonds. The maximum Gasteiger partial charge on any atom is 0.350 e. The van der Waals surface area contributed by atoms with Gasteiger partial charge in [0.25, 0.3) is 0 Å². The van der Waals surface area contributed by atoms with Crippen LogP contribution in [-0.2, 0) is 9.53 Å². The molecule has 2 rings (SSSR count). The van der Waals surface area contributed by atoms with Gasteiger partial charge in [0.15, 0.2) is 11.0 Å². The maximum atomic E-state index is 12.2. The second-order valence-electron chi connectivity index (χ2n) is 6.63. The Morgan fingerprint density at radius 3 is 2.59 bits per heavy atom. The van der Waals surface area contributed by atoms with Gasteiger partial charge in [0, 0.05) is 5.92 Å². The molecular formula is C16H24N6O3S2. The fourth-order valence-electron chi connectivity index (χ4n) is 2.01. The highest BCUT2D eigenvalue weighted by molar-refractivity contribution is 7.99. The van der Waals surface area contributed by atoms with Gasteiger partial charge in [-0.1, -0.05) is 50.8 Å². The van der Waals surface area contributed by atoms with Gasteiger partial charge in [-0.3, -0.25) is 4.79 Å². The molecule has 0 aliphatic carbocycles. The largest absolute Gasteiger partial charge is 0.461 e. The van der Waals surface area contributed by atoms with E-state index in [0.29, 0.717) is 33.3 Å². The lowest BCUT2D eigenvalue weighted by Crippen LogP contribution is -2.17. The molecule has 0 fully saturated rings. The minimum absolute atomic E-state index is 0.0964. The highest BCUT2D eigenvalue weighted by Gasteiger charge is 2.19. The maximum absolute atomic E-state index is 12.2. The summed E-state index contributed by atoms with van der Waals surface area (Å²) in [6.07, 6.45) is 0. The molecule has 3 N–H and O–H groups in total. The number of amides is 1. The Kier molecular flexibility index (Phi) is 7.19. The molecule has 27 heavy (non-hydrogen) atoms. The number of aromatic nitrogens is 4. The van der Waals surface area contributed by atoms with Crippen LogP contribution in [0.25, 0.3) is 0 Å². The van der Waals surface area contributed by atoms with E-state index in [-0.39, 0.29) is 23.5 Å². The summed E-state index contributed by atoms with van der Waals surface area (Å²) >= 11 is 2.27. The van der Waals surface area contributed by atoms with Crippen molar-refractivity contribution in [3.63, 3.8) is 0 Å². The Morgan fingerprint density at radius 2 is 2.00 bits per heavy atom. The lowest BCUT2D eigenvalue weighted by atomic mass is 10.2. The zero-order chi connectivity index (χ0) is 20.1. The zero-order valence-corrected chi connectivity index (χ0v) is 17.6. The van der Waals surface area contributed by atoms with Gasteiger partial charge < -0.3 is 15.9 Å². The van der Waals surface area contributed by atoms with Gasteiger partial charge in [-0.25, -0.2) is 14.5 Å². The van der Waals surface area contributed by atoms with Crippen LogP contribution in [0.15, 0.2) is 5.16 Å². The first-order valence-electron chi connectivity index (χ1n) is 8.46. The van der Waals surface area contributed by atoms with E-state index in [4.69, 9.17) is 10.6 Å². The number of anilines is 1. The van der Waals surface area contributed by atoms with E-state index in [2.05, 4.69) is 20.5 Å². The number of carbonyl (C=O) groups is 2. The highest BCUT2D eigenvalue weighted by atomic mass is 32.2. The monoisotopic (exact) mass is 412 g/mol. The SMILES string of the molecule is Cc1nc(NC(=O)CSc2nnc(C(C)C)n2N)sc1C(=O)OCC(C)C. The number of nitrogens with two attached hydrogens (primary N) is 1. The molecule has 0 spiro atoms. The van der Waals surface area contributed by atoms with Crippen molar-refractivity contribution in [1.29, 1.82) is 0 Å². The number of nitrogen functional groups attached to an aromatic ring is 1. The van der Waals surface area contributed by atoms with E-state index in [1.165, 1.54) is 16.4 Å². The van der Waals surface area contributed by atoms with Crippen LogP contribution in [0.3, 0.4) is 0 Å². The van der Waals surface area contributed by atoms with Crippen molar-refractivity contribution in [3.8, 4) is 0 Å². The summed E-state index contributed by atoms with van der Waals surface area (Å²) in [4.78, 5) is 28.8. The molecule has 0 bridgehead atoms. The van der Waals surface area contributed by atoms with Crippen LogP contribution in [0.1, 0.15) is 54.8 Å². The smallest absolute Gasteiger partial charge is 0.350 e. The number of thiazole rings is 1. The molecule has 2 aromatic rings. The summed E-state index contributed by atoms with van der Waals surface area (Å²) in [6, 6.07) is 0. The molecule has 148 valence electrons. The molecule has 0 aliphatic heterocycles. The van der Waals surface area contributed by atoms with Crippen LogP contribution < -0.4 is 11.2 Å². The molecule has 2 aromatic heterocycles. The Balaban J connectivity index is 1.92. The van der Waals surface area contributed by atoms with Gasteiger partial charge in [0.05, 0.1) is 18.1 Å². The third-order valence-electron chi connectivity index (χ3n) is 3.32. The van der Waals surface area contributed by atoms with Crippen LogP contribution in [0.4, 0.5) is 5.13 Å². The van der Waals surface area contributed by atoms with Gasteiger partial charge in [-0.05, 0) is 12.8 Å². The van der Waals surface area contributed by atoms with Gasteiger partial charge in [-0.2, -0.15) is 0 Å². The van der Waals surface area contributed by atoms with E-state index in [9.17, 15) is 9.59 Å². The number of ether oxygens (including phenoxy) is 1. The zero-order valence-electron chi connectivity index (χ0n) is 16.0. The Hall–Kier alpha value is -2.14. The fraction of sp³-hybridized carbons (Fsp3) is 0.562. The first kappa shape index (κ1) is 21.2. The first-order chi connectivity index (χ1) is 12.7. The number of carbonyl (C=O) groups excluding carboxylic acids is 2. The number of rotatable bonds is 8. The van der Waals surface area contributed by atoms with Crippen molar-refractivity contribution < 1.29 is 14.3 Å². The number of thioether (sulfide) groups is 1. The molecule has 2 heterocycles. The molecule has 0 radical (unpaired) electrons. The number of hydrogen-bond acceptors (Lipinski definition) is 9. The number of aryl methyl sites for hydroxylation is 1. The predicted molar refractivity (Wildman–Crippen MR) is 106 cm³/mol. The van der Waals surface area contributed by atoms with E-state index in [0.717, 1.165) is 11.3 Å². The number of hydrogen-bond donors (Lipinski definition) is 2. The van der Waals surface area contributed by atoms with E-state index >= 15 is 0 Å². The van der Waals surface area contributed by atoms with Crippen molar-refractivity contribution in [3.05, 3.63) is 16.4 Å². The van der Waals surface area contributed by atoms with Crippen molar-refractivity contribution >= 4 is 40.1 Å². The van der Waals surface area contributed by atoms with E-state index in [1.807, 2.05) is 27.7 Å². The number of esters is 1. The van der Waals surface area contributed by atoms with Crippen LogP contribution in [0, 0.1) is 12.8 Å². The molecular weight excluding hydrogens is 388 g/mol. The Morgan fingerprint density at radius 1 is 1.30 bits per heavy atom. The predicted octanol–water partition coefficient (Wildman–Crippen LogP) is 2.42. The molecule has 0 unspecified atom stereocenters. The molecule has 0 saturated carbocycles. The summed E-state index contributed by atoms with van der Waals surface area (Å²) in [5.74, 6) is 6.36. The van der Waals surface area contributed by atoms with Crippen LogP contribution in [0.2, 0.25) is 0 Å². The van der Waals surface area contributed by atoms with Crippen molar-refractivity contribution in [2.24, 2.45) is 5.92 Å². The van der Waals surface area contributed by atoms with Crippen LogP contribution in [-0.4, -0.2) is 44.1 Å². The minimum atomic E-state index is -0.425. The molecule has 0 saturated heterocycles. The topological polar surface area (TPSA) is 125 Å². The quantitative estimate of drug-likeness (QED) is 0.385. The molecule has 9 nitrogen and oxygen atoms in total. The van der Waals surface area contributed by atoms with Crippen LogP contribution in [0.5, 0.6) is 0 Å². The van der Waals surface area contributed by atoms with E-state index < -0.39 is 5.97 Å². The van der Waals surface area contributed by atoms with Crippen molar-refractivity contribution in [2.45, 2.75) is 45.7 Å². The van der Waals surface area contributed by atoms with Gasteiger partial charge in [0.1, 0.15) is 4.88 Å². The highest BCUT2D eigenvalue weighted by Crippen LogP contribution is 2.24. The van der Waals surface area contributed by atoms with Gasteiger partial charge >= 0.3 is 5.97 Å². The third kappa shape index (κ3) is 5.67. The molecule has 0 atom stereocenters. The second-order valence-corrected chi connectivity index (χ2v) is 8.57. The fourth-order valence-corrected chi connectivity index (χ4v) is 3.55. The molecule has 0 aliphatic rings. The van der Waals surface area contributed by atoms with Gasteiger partial charge in [0.2, 0.25) is 11.1 Å². The normalized spacial score (nSPS) is 11.2. The number of nitrogens with zero attached hydrogens (tertiary/aromatic N) is 4. The average molecular weight is 413 g/mol. The molecule has 0 aromatic carbocycles. The lowest BCUT2D eigenvalue weighted by molar-refractivity contribution is -0.113. The third-order valence-corrected chi connectivity index (χ3v) is 5.31. The van der Waals surface area contributed by atoms with E-state index in [1.54, 1.807) is 6.92 Å². The van der Waals surface area contributed by atoms with Gasteiger partial charge in [-0.15, -0.1) is 10.2 Å². The summed E-state index contributed by atoms with van der Waals surface area (Å²) in [5.41, 5.74) is 0.528. The average Bonchev–Trinajstić information content (AvgIpc) is 3.13. The second kappa shape index (κ2) is 9.18. The first-order valence-corrected chi connectivity index (χ1v) is 10.3. The van der Waals surface area contributed by atoms with Crippen molar-refractivity contribution in [1.82, 2.24) is 19.9 Å². The summed E-state index contributed by atoms with van der Waals surface area (Å²) in [5, 5.41) is 11.5. The number of nitrogens with one attached hydrogen (secondary N) is 1. The Labute approximate surface area is 166 Å². The molecule has 11 heteroatoms. The minimum Gasteiger partial charge on any atom is -0.461 e. The Bertz CT molecular complexity index is 815. The summed E-state index contributed by atoms with van der Waals surface area (Å²) < 4.78 is 6.60. The lowest BCUT2D eigenvalue weighted by Gasteiger charge is -2.05. The van der Waals surface area contributed by atoms with Crippen LogP contribution >= 0.6 is 23.1 Å². The van der Waals surface area contributed by atoms with Crippen molar-refractivity contribution in [2.75, 3.05) is 23.5 Å². The standard InChI is InChI=1S/C16H24N6O3S2/c1-8(2)6-25-14(24)12-10(5)18-15(27-12)19-11(23)7-26-16-21-20-13(9(3)4)22(16)17/h8-9H,6-7,17H2,1-5H3,(H,18,19,23). The summed E-state index contributed by atoms with van der Waals surface area (Å²) in [7, 11) is 0.